The van der Waals surface area contributed by atoms with E-state index in [4.69, 9.17) is 9.84 Å². The monoisotopic (exact) mass is 478 g/mol. The third kappa shape index (κ3) is 6.21. The molecule has 2 aliphatic rings. The lowest BCUT2D eigenvalue weighted by molar-refractivity contribution is -0.138. The van der Waals surface area contributed by atoms with E-state index >= 15 is 0 Å². The highest BCUT2D eigenvalue weighted by Gasteiger charge is 2.30. The van der Waals surface area contributed by atoms with Crippen molar-refractivity contribution in [2.45, 2.75) is 69.9 Å². The van der Waals surface area contributed by atoms with Crippen molar-refractivity contribution in [2.75, 3.05) is 6.61 Å². The number of hydrogen-bond acceptors (Lipinski definition) is 4. The summed E-state index contributed by atoms with van der Waals surface area (Å²) in [4.78, 5) is 36.2. The highest BCUT2D eigenvalue weighted by Crippen LogP contribution is 2.44. The van der Waals surface area contributed by atoms with E-state index in [1.165, 1.54) is 11.1 Å². The van der Waals surface area contributed by atoms with Crippen LogP contribution in [0.1, 0.15) is 68.9 Å². The van der Waals surface area contributed by atoms with Crippen molar-refractivity contribution in [3.8, 4) is 11.1 Å². The topological polar surface area (TPSA) is 105 Å². The first-order valence-corrected chi connectivity index (χ1v) is 12.6. The summed E-state index contributed by atoms with van der Waals surface area (Å²) in [7, 11) is 0. The van der Waals surface area contributed by atoms with Crippen LogP contribution in [0.5, 0.6) is 0 Å². The molecule has 7 heteroatoms. The fourth-order valence-electron chi connectivity index (χ4n) is 5.53. The molecule has 35 heavy (non-hydrogen) atoms. The first-order valence-electron chi connectivity index (χ1n) is 12.6. The van der Waals surface area contributed by atoms with Crippen LogP contribution in [0.15, 0.2) is 48.5 Å². The van der Waals surface area contributed by atoms with Gasteiger partial charge in [-0.2, -0.15) is 0 Å². The summed E-state index contributed by atoms with van der Waals surface area (Å²) < 4.78 is 5.65. The van der Waals surface area contributed by atoms with Gasteiger partial charge in [0, 0.05) is 30.8 Å². The molecule has 0 spiro atoms. The van der Waals surface area contributed by atoms with Crippen molar-refractivity contribution in [1.29, 1.82) is 0 Å². The number of fused-ring (bicyclic) bond motifs is 3. The minimum Gasteiger partial charge on any atom is -0.481 e. The Labute approximate surface area is 206 Å². The van der Waals surface area contributed by atoms with Crippen molar-refractivity contribution in [2.24, 2.45) is 5.92 Å². The number of carbonyl (C=O) groups excluding carboxylic acids is 2. The average molecular weight is 479 g/mol. The van der Waals surface area contributed by atoms with Gasteiger partial charge in [-0.25, -0.2) is 4.79 Å². The molecule has 186 valence electrons. The lowest BCUT2D eigenvalue weighted by Crippen LogP contribution is -2.41. The number of carboxylic acid groups (broad SMARTS) is 1. The highest BCUT2D eigenvalue weighted by atomic mass is 16.5. The number of ether oxygens (including phenoxy) is 1. The summed E-state index contributed by atoms with van der Waals surface area (Å²) >= 11 is 0. The van der Waals surface area contributed by atoms with Crippen molar-refractivity contribution in [3.05, 3.63) is 59.7 Å². The fraction of sp³-hybridized carbons (Fsp3) is 0.464. The van der Waals surface area contributed by atoms with E-state index in [0.717, 1.165) is 30.4 Å². The van der Waals surface area contributed by atoms with Crippen LogP contribution in [-0.4, -0.2) is 41.8 Å². The molecular weight excluding hydrogens is 444 g/mol. The average Bonchev–Trinajstić information content (AvgIpc) is 3.39. The smallest absolute Gasteiger partial charge is 0.407 e. The van der Waals surface area contributed by atoms with E-state index in [0.29, 0.717) is 12.8 Å². The fourth-order valence-corrected chi connectivity index (χ4v) is 5.53. The van der Waals surface area contributed by atoms with Gasteiger partial charge in [0.1, 0.15) is 6.61 Å². The normalized spacial score (nSPS) is 19.5. The summed E-state index contributed by atoms with van der Waals surface area (Å²) in [5, 5.41) is 14.9. The largest absolute Gasteiger partial charge is 0.481 e. The molecule has 2 aromatic rings. The second-order valence-electron chi connectivity index (χ2n) is 9.70. The van der Waals surface area contributed by atoms with Gasteiger partial charge in [-0.3, -0.25) is 9.59 Å². The maximum absolute atomic E-state index is 12.7. The minimum absolute atomic E-state index is 0.00332. The van der Waals surface area contributed by atoms with Crippen LogP contribution < -0.4 is 10.6 Å². The van der Waals surface area contributed by atoms with Crippen LogP contribution in [-0.2, 0) is 14.3 Å². The molecule has 2 aromatic carbocycles. The second kappa shape index (κ2) is 11.4. The Balaban J connectivity index is 1.28. The summed E-state index contributed by atoms with van der Waals surface area (Å²) in [5.41, 5.74) is 4.66. The summed E-state index contributed by atoms with van der Waals surface area (Å²) in [6, 6.07) is 16.1. The molecule has 0 saturated heterocycles. The molecule has 3 atom stereocenters. The summed E-state index contributed by atoms with van der Waals surface area (Å²) in [5.74, 6) is -0.814. The molecule has 2 amide bonds. The first-order chi connectivity index (χ1) is 16.9. The molecule has 4 rings (SSSR count). The second-order valence-corrected chi connectivity index (χ2v) is 9.70. The van der Waals surface area contributed by atoms with Gasteiger partial charge in [0.05, 0.1) is 0 Å². The predicted molar refractivity (Wildman–Crippen MR) is 133 cm³/mol. The van der Waals surface area contributed by atoms with E-state index < -0.39 is 12.1 Å². The van der Waals surface area contributed by atoms with Crippen molar-refractivity contribution >= 4 is 18.0 Å². The highest BCUT2D eigenvalue weighted by molar-refractivity contribution is 5.79. The predicted octanol–water partition coefficient (Wildman–Crippen LogP) is 4.84. The van der Waals surface area contributed by atoms with Crippen LogP contribution in [0.3, 0.4) is 0 Å². The van der Waals surface area contributed by atoms with Gasteiger partial charge in [-0.05, 0) is 53.9 Å². The summed E-state index contributed by atoms with van der Waals surface area (Å²) in [6.45, 7) is 2.25. The number of carboxylic acids is 1. The van der Waals surface area contributed by atoms with E-state index in [2.05, 4.69) is 34.9 Å². The quantitative estimate of drug-likeness (QED) is 0.453. The molecule has 0 heterocycles. The van der Waals surface area contributed by atoms with Gasteiger partial charge in [0.15, 0.2) is 0 Å². The van der Waals surface area contributed by atoms with E-state index in [-0.39, 0.29) is 49.3 Å². The molecular formula is C28H34N2O5. The van der Waals surface area contributed by atoms with Crippen LogP contribution in [0.4, 0.5) is 4.79 Å². The molecule has 0 aliphatic heterocycles. The zero-order valence-corrected chi connectivity index (χ0v) is 20.2. The van der Waals surface area contributed by atoms with Crippen molar-refractivity contribution < 1.29 is 24.2 Å². The molecule has 0 bridgehead atoms. The Hall–Kier alpha value is -3.35. The Bertz CT molecular complexity index is 1020. The van der Waals surface area contributed by atoms with Crippen molar-refractivity contribution in [3.63, 3.8) is 0 Å². The van der Waals surface area contributed by atoms with E-state index in [1.54, 1.807) is 0 Å². The maximum atomic E-state index is 12.7. The van der Waals surface area contributed by atoms with Crippen LogP contribution in [0.2, 0.25) is 0 Å². The molecule has 2 unspecified atom stereocenters. The molecule has 7 nitrogen and oxygen atoms in total. The molecule has 3 N–H and O–H groups in total. The van der Waals surface area contributed by atoms with Gasteiger partial charge in [-0.1, -0.05) is 61.9 Å². The minimum atomic E-state index is -0.794. The van der Waals surface area contributed by atoms with Crippen LogP contribution in [0, 0.1) is 5.92 Å². The van der Waals surface area contributed by atoms with Gasteiger partial charge in [0.2, 0.25) is 5.91 Å². The Kier molecular flexibility index (Phi) is 8.06. The molecule has 0 radical (unpaired) electrons. The van der Waals surface area contributed by atoms with E-state index in [9.17, 15) is 14.4 Å². The third-order valence-electron chi connectivity index (χ3n) is 7.10. The number of hydrogen-bond donors (Lipinski definition) is 3. The molecule has 2 aliphatic carbocycles. The molecule has 1 fully saturated rings. The lowest BCUT2D eigenvalue weighted by atomic mass is 9.98. The maximum Gasteiger partial charge on any atom is 0.407 e. The zero-order chi connectivity index (χ0) is 24.8. The Morgan fingerprint density at radius 3 is 2.31 bits per heavy atom. The number of amides is 2. The summed E-state index contributed by atoms with van der Waals surface area (Å²) in [6.07, 6.45) is 3.61. The number of carbonyl (C=O) groups is 3. The van der Waals surface area contributed by atoms with Gasteiger partial charge < -0.3 is 20.5 Å². The number of rotatable bonds is 10. The van der Waals surface area contributed by atoms with Crippen LogP contribution >= 0.6 is 0 Å². The molecule has 1 saturated carbocycles. The number of alkyl carbamates (subject to hydrolysis) is 1. The SMILES string of the molecule is CCC[C@H](CC(=O)NC1CCC(CC(=O)O)C1)NC(=O)OCC1c2ccccc2-c2ccccc21. The number of aliphatic carboxylic acids is 1. The Morgan fingerprint density at radius 2 is 1.69 bits per heavy atom. The van der Waals surface area contributed by atoms with Gasteiger partial charge in [0.25, 0.3) is 0 Å². The zero-order valence-electron chi connectivity index (χ0n) is 20.2. The number of benzene rings is 2. The van der Waals surface area contributed by atoms with E-state index in [1.807, 2.05) is 31.2 Å². The standard InChI is InChI=1S/C28H34N2O5/c1-2-7-19(16-26(31)29-20-13-12-18(14-20)15-27(32)33)30-28(34)35-17-25-23-10-5-3-8-21(23)22-9-4-6-11-24(22)25/h3-6,8-11,18-20,25H,2,7,12-17H2,1H3,(H,29,31)(H,30,34)(H,32,33)/t18?,19-,20?/m1/s1. The van der Waals surface area contributed by atoms with Crippen LogP contribution in [0.25, 0.3) is 11.1 Å². The molecule has 0 aromatic heterocycles. The first kappa shape index (κ1) is 24.8. The van der Waals surface area contributed by atoms with Crippen molar-refractivity contribution in [1.82, 2.24) is 10.6 Å². The third-order valence-corrected chi connectivity index (χ3v) is 7.10. The lowest BCUT2D eigenvalue weighted by Gasteiger charge is -2.20. The van der Waals surface area contributed by atoms with Gasteiger partial charge >= 0.3 is 12.1 Å². The number of nitrogens with one attached hydrogen (secondary N) is 2. The Morgan fingerprint density at radius 1 is 1.03 bits per heavy atom. The van der Waals surface area contributed by atoms with Gasteiger partial charge in [-0.15, -0.1) is 0 Å².